The Kier molecular flexibility index (Phi) is 61.8. The number of carboxylic acids is 3. The van der Waals surface area contributed by atoms with E-state index in [1.165, 1.54) is 33.0 Å². The zero-order valence-electron chi connectivity index (χ0n) is 61.9. The summed E-state index contributed by atoms with van der Waals surface area (Å²) in [7, 11) is 4.14. The van der Waals surface area contributed by atoms with Gasteiger partial charge in [-0.2, -0.15) is 15.8 Å². The number of rotatable bonds is 33. The number of ether oxygens (including phenoxy) is 3. The number of nitrogens with zero attached hydrogens (tertiary/aromatic N) is 4. The number of hydrogen-bond acceptors (Lipinski definition) is 21. The van der Waals surface area contributed by atoms with Crippen LogP contribution in [0.2, 0.25) is 0 Å². The Balaban J connectivity index is -0.000000619. The Morgan fingerprint density at radius 3 is 0.936 bits per heavy atom. The van der Waals surface area contributed by atoms with Crippen LogP contribution >= 0.6 is 11.6 Å². The van der Waals surface area contributed by atoms with Gasteiger partial charge in [-0.05, 0) is 164 Å². The Morgan fingerprint density at radius 1 is 0.445 bits per heavy atom. The van der Waals surface area contributed by atoms with Gasteiger partial charge in [-0.1, -0.05) is 60.7 Å². The Hall–Kier alpha value is -12.8. The molecular formula is C80H91ClLiN9O19. The number of nitrogens with two attached hydrogens (primary N) is 2. The number of carbonyl (C=O) groups excluding carboxylic acids is 7. The van der Waals surface area contributed by atoms with Crippen molar-refractivity contribution in [3.63, 3.8) is 0 Å². The van der Waals surface area contributed by atoms with Crippen LogP contribution in [0.4, 0.5) is 28.4 Å². The minimum Gasteiger partial charge on any atom is -0.870 e. The van der Waals surface area contributed by atoms with Crippen molar-refractivity contribution in [2.45, 2.75) is 141 Å². The molecule has 0 aromatic heterocycles. The molecule has 0 unspecified atom stereocenters. The summed E-state index contributed by atoms with van der Waals surface area (Å²) in [6.45, 7) is 6.42. The fraction of sp³-hybridized carbons (Fsp3) is 0.325. The maximum Gasteiger partial charge on any atom is 1.00 e. The molecule has 0 fully saturated rings. The number of esters is 3. The van der Waals surface area contributed by atoms with E-state index in [-0.39, 0.29) is 128 Å². The van der Waals surface area contributed by atoms with E-state index in [1.807, 2.05) is 72.8 Å². The number of hydrogen-bond donors (Lipinski definition) is 10. The third kappa shape index (κ3) is 55.6. The monoisotopic (exact) mass is 1520 g/mol. The zero-order valence-corrected chi connectivity index (χ0v) is 62.6. The van der Waals surface area contributed by atoms with Crippen molar-refractivity contribution in [2.75, 3.05) is 55.3 Å². The first-order valence-corrected chi connectivity index (χ1v) is 33.5. The third-order valence-corrected chi connectivity index (χ3v) is 13.9. The van der Waals surface area contributed by atoms with E-state index in [0.29, 0.717) is 74.8 Å². The summed E-state index contributed by atoms with van der Waals surface area (Å²) >= 11 is 4.92. The summed E-state index contributed by atoms with van der Waals surface area (Å²) in [5.74, 6) is 1.35. The number of aliphatic carboxylic acids is 3. The van der Waals surface area contributed by atoms with Gasteiger partial charge >= 0.3 is 60.6 Å². The fourth-order valence-electron chi connectivity index (χ4n) is 8.16. The third-order valence-electron chi connectivity index (χ3n) is 13.7. The number of aliphatic hydroxyl groups excluding tert-OH is 2. The van der Waals surface area contributed by atoms with Crippen molar-refractivity contribution in [3.8, 4) is 55.2 Å². The van der Waals surface area contributed by atoms with Crippen LogP contribution in [0.15, 0.2) is 144 Å². The SMILES string of the molecule is C#CCC/C(O)=C(\C#N)C(=O)Nc1ccc(CCCC(=O)O)cc1.C#CCC/C(O)=C(\C#N)C(=O)Nc1ccc(CCCC(=O)OC)cc1.C#CCCC(=O)Cl.COC(=O)CCCc1ccc(N)cc1.N#CCC(=O)O.Nc1ccc(CCCC(=O)O)cc1.[C-]#[N+]CC(=O)Nc1ccc(CCCC(=O)OC)cc1.[Li+].[OH-]. The van der Waals surface area contributed by atoms with E-state index in [4.69, 9.17) is 80.0 Å². The molecule has 30 heteroatoms. The van der Waals surface area contributed by atoms with E-state index in [9.17, 15) is 58.2 Å². The zero-order chi connectivity index (χ0) is 81.5. The Morgan fingerprint density at radius 2 is 0.718 bits per heavy atom. The maximum absolute atomic E-state index is 12.1. The molecule has 0 atom stereocenters. The molecule has 0 saturated carbocycles. The summed E-state index contributed by atoms with van der Waals surface area (Å²) < 4.78 is 13.7. The van der Waals surface area contributed by atoms with E-state index in [2.05, 4.69) is 52.8 Å². The van der Waals surface area contributed by atoms with Crippen LogP contribution in [-0.4, -0.2) is 118 Å². The number of allylic oxidation sites excluding steroid dienone is 2. The average molecular weight is 1530 g/mol. The molecule has 0 heterocycles. The second-order valence-corrected chi connectivity index (χ2v) is 22.6. The van der Waals surface area contributed by atoms with Crippen molar-refractivity contribution >= 4 is 98.8 Å². The Bertz CT molecular complexity index is 4050. The topological polar surface area (TPSA) is 493 Å². The second kappa shape index (κ2) is 65.7. The first-order valence-electron chi connectivity index (χ1n) is 33.2. The van der Waals surface area contributed by atoms with Crippen LogP contribution in [0.5, 0.6) is 0 Å². The van der Waals surface area contributed by atoms with Gasteiger partial charge in [0.1, 0.15) is 30.1 Å². The van der Waals surface area contributed by atoms with Gasteiger partial charge in [-0.3, -0.25) is 47.9 Å². The molecule has 0 spiro atoms. The van der Waals surface area contributed by atoms with Crippen LogP contribution in [0.3, 0.4) is 0 Å². The van der Waals surface area contributed by atoms with Gasteiger partial charge in [0.05, 0.1) is 27.4 Å². The molecule has 0 aliphatic heterocycles. The molecule has 28 nitrogen and oxygen atoms in total. The molecular weight excluding hydrogens is 1430 g/mol. The number of carbonyl (C=O) groups is 10. The van der Waals surface area contributed by atoms with Gasteiger partial charge in [0.15, 0.2) is 11.1 Å². The molecule has 5 rings (SSSR count). The summed E-state index contributed by atoms with van der Waals surface area (Å²) in [6, 6.07) is 41.3. The summed E-state index contributed by atoms with van der Waals surface area (Å²) in [5, 5.41) is 77.2. The first kappa shape index (κ1) is 104. The average Bonchev–Trinajstić information content (AvgIpc) is 0.874. The largest absolute Gasteiger partial charge is 1.00 e. The molecule has 3 amide bonds. The summed E-state index contributed by atoms with van der Waals surface area (Å²) in [4.78, 5) is 111. The molecule has 0 aliphatic rings. The van der Waals surface area contributed by atoms with Crippen LogP contribution in [0.25, 0.3) is 4.85 Å². The first-order chi connectivity index (χ1) is 51.6. The van der Waals surface area contributed by atoms with Crippen LogP contribution in [-0.2, 0) is 94.3 Å². The van der Waals surface area contributed by atoms with Crippen molar-refractivity contribution < 1.29 is 112 Å². The predicted molar refractivity (Wildman–Crippen MR) is 410 cm³/mol. The van der Waals surface area contributed by atoms with Crippen LogP contribution < -0.4 is 46.3 Å². The number of aliphatic hydroxyl groups is 2. The van der Waals surface area contributed by atoms with Gasteiger partial charge in [0.2, 0.25) is 5.24 Å². The van der Waals surface area contributed by atoms with Crippen molar-refractivity contribution in [2.24, 2.45) is 0 Å². The van der Waals surface area contributed by atoms with Gasteiger partial charge < -0.3 is 77.5 Å². The molecule has 0 saturated heterocycles. The van der Waals surface area contributed by atoms with Crippen LogP contribution in [0.1, 0.15) is 137 Å². The van der Waals surface area contributed by atoms with E-state index < -0.39 is 36.1 Å². The van der Waals surface area contributed by atoms with Crippen LogP contribution in [0, 0.1) is 77.6 Å². The number of nitriles is 3. The van der Waals surface area contributed by atoms with E-state index >= 15 is 0 Å². The molecule has 0 bridgehead atoms. The molecule has 0 radical (unpaired) electrons. The number of carboxylic acid groups (broad SMARTS) is 3. The fourth-order valence-corrected chi connectivity index (χ4v) is 8.25. The number of benzene rings is 5. The molecule has 5 aromatic carbocycles. The standard InChI is InChI=1S/C19H20N2O4.C18H18N2O4.C14H16N2O3.C11H15NO2.C10H13NO2.C5H5ClO.C3H3NO2.Li.H2O/c1-3-4-7-17(22)16(13-20)19(24)21-15-11-9-14(10-12-15)6-5-8-18(23)25-2;1-2-3-6-16(21)15(12-19)18(24)20-14-10-8-13(9-11-14)5-4-7-17(22)23;1-15-10-13(17)16-12-8-6-11(7-9-12)4-3-5-14(18)19-2;1-14-11(13)4-2-3-9-5-7-10(12)8-6-9;11-9-6-4-8(5-7-9)2-1-3-10(12)13;1-2-3-4-5(6)7;4-2-1-3(5)6;;/h1,9-12,22H,4-8H2,2H3,(H,21,24);1,8-11,21H,3-7H2,(H,20,24)(H,22,23);6-9H,3-5,10H2,2H3,(H,16,17);5-8H,2-4,12H2,1H3;4-7H,1-3,11H2,(H,12,13);1H,3-4H2;1H2,(H,5,6);;1H2/q;;;;;;;+1;/p-1/b17-16-;16-15-;;;;;;;. The predicted octanol–water partition coefficient (Wildman–Crippen LogP) is 9.11. The van der Waals surface area contributed by atoms with E-state index in [1.54, 1.807) is 60.7 Å². The number of terminal acetylenes is 3. The molecule has 578 valence electrons. The van der Waals surface area contributed by atoms with Gasteiger partial charge in [-0.25, -0.2) is 6.57 Å². The minimum absolute atomic E-state index is 0. The van der Waals surface area contributed by atoms with Gasteiger partial charge in [-0.15, -0.1) is 37.0 Å². The number of methoxy groups -OCH3 is 3. The minimum atomic E-state index is -1.07. The van der Waals surface area contributed by atoms with Gasteiger partial charge in [0, 0.05) is 99.1 Å². The number of amides is 3. The van der Waals surface area contributed by atoms with Gasteiger partial charge in [0.25, 0.3) is 18.4 Å². The van der Waals surface area contributed by atoms with Crippen molar-refractivity contribution in [1.82, 2.24) is 0 Å². The number of aryl methyl sites for hydroxylation is 5. The Labute approximate surface area is 658 Å². The smallest absolute Gasteiger partial charge is 0.870 e. The van der Waals surface area contributed by atoms with Crippen molar-refractivity contribution in [1.29, 1.82) is 15.8 Å². The number of nitrogens with one attached hydrogen (secondary N) is 3. The summed E-state index contributed by atoms with van der Waals surface area (Å²) in [6.07, 6.45) is 24.7. The normalized spacial score (nSPS) is 9.72. The second-order valence-electron chi connectivity index (χ2n) is 22.2. The number of anilines is 5. The quantitative estimate of drug-likeness (QED) is 0.00179. The summed E-state index contributed by atoms with van der Waals surface area (Å²) in [5.41, 5.74) is 18.9. The van der Waals surface area contributed by atoms with Crippen molar-refractivity contribution in [3.05, 3.63) is 183 Å². The molecule has 0 aliphatic carbocycles. The maximum atomic E-state index is 12.1. The number of nitrogen functional groups attached to an aromatic ring is 2. The molecule has 13 N–H and O–H groups in total. The van der Waals surface area contributed by atoms with E-state index in [0.717, 1.165) is 65.7 Å². The molecule has 110 heavy (non-hydrogen) atoms. The molecule has 5 aromatic rings. The number of halogens is 1.